The first-order chi connectivity index (χ1) is 4.85. The number of hydrogen-bond donors (Lipinski definition) is 1. The first-order valence-electron chi connectivity index (χ1n) is 3.13. The van der Waals surface area contributed by atoms with Crippen molar-refractivity contribution in [2.75, 3.05) is 20.3 Å². The third kappa shape index (κ3) is 4.23. The Morgan fingerprint density at radius 1 is 1.80 bits per heavy atom. The molecule has 0 aromatic heterocycles. The lowest BCUT2D eigenvalue weighted by atomic mass is 10.3. The molecule has 0 saturated carbocycles. The van der Waals surface area contributed by atoms with Crippen LogP contribution in [0.4, 0.5) is 0 Å². The monoisotopic (exact) mass is 143 g/mol. The predicted octanol–water partition coefficient (Wildman–Crippen LogP) is -0.0241. The highest BCUT2D eigenvalue weighted by Crippen LogP contribution is 1.78. The number of methoxy groups -OCH3 is 1. The Kier molecular flexibility index (Phi) is 6.02. The van der Waals surface area contributed by atoms with Crippen LogP contribution in [0.2, 0.25) is 0 Å². The summed E-state index contributed by atoms with van der Waals surface area (Å²) in [6.45, 7) is 4.55. The minimum atomic E-state index is -0.206. The van der Waals surface area contributed by atoms with E-state index in [4.69, 9.17) is 4.74 Å². The molecule has 0 amide bonds. The second-order valence-electron chi connectivity index (χ2n) is 1.89. The van der Waals surface area contributed by atoms with E-state index in [1.807, 2.05) is 0 Å². The van der Waals surface area contributed by atoms with Gasteiger partial charge in [-0.15, -0.1) is 6.58 Å². The van der Waals surface area contributed by atoms with Gasteiger partial charge in [-0.25, -0.2) is 0 Å². The smallest absolute Gasteiger partial charge is 0.139 e. The topological polar surface area (TPSA) is 38.3 Å². The Morgan fingerprint density at radius 2 is 2.50 bits per heavy atom. The second kappa shape index (κ2) is 6.45. The maximum absolute atomic E-state index is 10.2. The Bertz CT molecular complexity index is 104. The van der Waals surface area contributed by atoms with E-state index in [1.54, 1.807) is 13.2 Å². The van der Waals surface area contributed by atoms with Gasteiger partial charge in [-0.1, -0.05) is 6.08 Å². The van der Waals surface area contributed by atoms with E-state index >= 15 is 0 Å². The van der Waals surface area contributed by atoms with Crippen molar-refractivity contribution in [2.24, 2.45) is 0 Å². The van der Waals surface area contributed by atoms with Gasteiger partial charge in [-0.3, -0.25) is 0 Å². The fourth-order valence-electron chi connectivity index (χ4n) is 0.561. The summed E-state index contributed by atoms with van der Waals surface area (Å²) in [6, 6.07) is -0.206. The van der Waals surface area contributed by atoms with Crippen LogP contribution in [-0.2, 0) is 9.53 Å². The maximum atomic E-state index is 10.2. The van der Waals surface area contributed by atoms with Crippen molar-refractivity contribution in [2.45, 2.75) is 6.04 Å². The average molecular weight is 143 g/mol. The molecule has 58 valence electrons. The lowest BCUT2D eigenvalue weighted by Crippen LogP contribution is -2.34. The van der Waals surface area contributed by atoms with Crippen LogP contribution >= 0.6 is 0 Å². The average Bonchev–Trinajstić information content (AvgIpc) is 1.98. The SMILES string of the molecule is C=CCNC(C=O)COC. The predicted molar refractivity (Wildman–Crippen MR) is 39.9 cm³/mol. The summed E-state index contributed by atoms with van der Waals surface area (Å²) in [7, 11) is 1.56. The summed E-state index contributed by atoms with van der Waals surface area (Å²) < 4.78 is 4.76. The molecule has 3 nitrogen and oxygen atoms in total. The van der Waals surface area contributed by atoms with Gasteiger partial charge in [-0.05, 0) is 0 Å². The molecule has 0 rings (SSSR count). The van der Waals surface area contributed by atoms with Crippen LogP contribution in [0, 0.1) is 0 Å². The summed E-state index contributed by atoms with van der Waals surface area (Å²) in [4.78, 5) is 10.2. The molecule has 1 N–H and O–H groups in total. The van der Waals surface area contributed by atoms with Crippen molar-refractivity contribution >= 4 is 6.29 Å². The van der Waals surface area contributed by atoms with E-state index in [0.29, 0.717) is 13.2 Å². The van der Waals surface area contributed by atoms with Crippen molar-refractivity contribution < 1.29 is 9.53 Å². The van der Waals surface area contributed by atoms with Crippen LogP contribution in [0.3, 0.4) is 0 Å². The quantitative estimate of drug-likeness (QED) is 0.419. The Hall–Kier alpha value is -0.670. The van der Waals surface area contributed by atoms with Gasteiger partial charge in [0.15, 0.2) is 0 Å². The molecule has 0 aliphatic rings. The van der Waals surface area contributed by atoms with Crippen LogP contribution in [0.15, 0.2) is 12.7 Å². The van der Waals surface area contributed by atoms with Crippen LogP contribution in [-0.4, -0.2) is 32.6 Å². The van der Waals surface area contributed by atoms with Gasteiger partial charge in [0, 0.05) is 13.7 Å². The van der Waals surface area contributed by atoms with Crippen LogP contribution in [0.1, 0.15) is 0 Å². The van der Waals surface area contributed by atoms with Crippen LogP contribution in [0.5, 0.6) is 0 Å². The fourth-order valence-corrected chi connectivity index (χ4v) is 0.561. The normalized spacial score (nSPS) is 12.5. The van der Waals surface area contributed by atoms with Gasteiger partial charge >= 0.3 is 0 Å². The van der Waals surface area contributed by atoms with E-state index in [-0.39, 0.29) is 6.04 Å². The van der Waals surface area contributed by atoms with Crippen molar-refractivity contribution in [1.29, 1.82) is 0 Å². The number of carbonyl (C=O) groups excluding carboxylic acids is 1. The fraction of sp³-hybridized carbons (Fsp3) is 0.571. The van der Waals surface area contributed by atoms with Gasteiger partial charge in [0.25, 0.3) is 0 Å². The number of rotatable bonds is 6. The molecule has 0 heterocycles. The lowest BCUT2D eigenvalue weighted by molar-refractivity contribution is -0.110. The van der Waals surface area contributed by atoms with E-state index in [1.165, 1.54) is 0 Å². The number of nitrogens with one attached hydrogen (secondary N) is 1. The summed E-state index contributed by atoms with van der Waals surface area (Å²) in [5, 5.41) is 2.91. The second-order valence-corrected chi connectivity index (χ2v) is 1.89. The first kappa shape index (κ1) is 9.33. The van der Waals surface area contributed by atoms with E-state index < -0.39 is 0 Å². The molecular formula is C7H13NO2. The summed E-state index contributed by atoms with van der Waals surface area (Å²) in [5.74, 6) is 0. The third-order valence-corrected chi connectivity index (χ3v) is 1.03. The molecule has 0 spiro atoms. The molecule has 0 aromatic carbocycles. The maximum Gasteiger partial charge on any atom is 0.139 e. The number of aldehydes is 1. The first-order valence-corrected chi connectivity index (χ1v) is 3.13. The number of ether oxygens (including phenoxy) is 1. The zero-order valence-corrected chi connectivity index (χ0v) is 6.17. The highest BCUT2D eigenvalue weighted by Gasteiger charge is 2.02. The largest absolute Gasteiger partial charge is 0.383 e. The molecule has 0 aliphatic carbocycles. The summed E-state index contributed by atoms with van der Waals surface area (Å²) >= 11 is 0. The Morgan fingerprint density at radius 3 is 2.90 bits per heavy atom. The van der Waals surface area contributed by atoms with Gasteiger partial charge in [-0.2, -0.15) is 0 Å². The Labute approximate surface area is 61.1 Å². The van der Waals surface area contributed by atoms with Gasteiger partial charge in [0.05, 0.1) is 12.6 Å². The molecule has 10 heavy (non-hydrogen) atoms. The molecule has 0 aliphatic heterocycles. The minimum Gasteiger partial charge on any atom is -0.383 e. The van der Waals surface area contributed by atoms with Gasteiger partial charge < -0.3 is 14.8 Å². The molecule has 0 aromatic rings. The van der Waals surface area contributed by atoms with Gasteiger partial charge in [0.2, 0.25) is 0 Å². The molecule has 0 fully saturated rings. The molecule has 0 saturated heterocycles. The highest BCUT2D eigenvalue weighted by atomic mass is 16.5. The highest BCUT2D eigenvalue weighted by molar-refractivity contribution is 5.57. The summed E-state index contributed by atoms with van der Waals surface area (Å²) in [6.07, 6.45) is 2.53. The van der Waals surface area contributed by atoms with Crippen molar-refractivity contribution in [3.8, 4) is 0 Å². The van der Waals surface area contributed by atoms with Crippen molar-refractivity contribution in [3.05, 3.63) is 12.7 Å². The molecule has 3 heteroatoms. The third-order valence-electron chi connectivity index (χ3n) is 1.03. The summed E-state index contributed by atoms with van der Waals surface area (Å²) in [5.41, 5.74) is 0. The van der Waals surface area contributed by atoms with E-state index in [9.17, 15) is 4.79 Å². The zero-order chi connectivity index (χ0) is 7.82. The lowest BCUT2D eigenvalue weighted by Gasteiger charge is -2.08. The molecule has 0 bridgehead atoms. The molecular weight excluding hydrogens is 130 g/mol. The number of carbonyl (C=O) groups is 1. The van der Waals surface area contributed by atoms with Crippen LogP contribution in [0.25, 0.3) is 0 Å². The van der Waals surface area contributed by atoms with E-state index in [0.717, 1.165) is 6.29 Å². The van der Waals surface area contributed by atoms with Gasteiger partial charge in [0.1, 0.15) is 6.29 Å². The van der Waals surface area contributed by atoms with Crippen molar-refractivity contribution in [3.63, 3.8) is 0 Å². The Balaban J connectivity index is 3.38. The van der Waals surface area contributed by atoms with Crippen molar-refractivity contribution in [1.82, 2.24) is 5.32 Å². The number of hydrogen-bond acceptors (Lipinski definition) is 3. The minimum absolute atomic E-state index is 0.206. The zero-order valence-electron chi connectivity index (χ0n) is 6.17. The molecule has 1 unspecified atom stereocenters. The van der Waals surface area contributed by atoms with Crippen LogP contribution < -0.4 is 5.32 Å². The van der Waals surface area contributed by atoms with E-state index in [2.05, 4.69) is 11.9 Å². The molecule has 0 radical (unpaired) electrons. The standard InChI is InChI=1S/C7H13NO2/c1-3-4-8-7(5-9)6-10-2/h3,5,7-8H,1,4,6H2,2H3. The molecule has 1 atom stereocenters.